The van der Waals surface area contributed by atoms with Crippen LogP contribution in [0.15, 0.2) is 40.7 Å². The number of thioether (sulfide) groups is 1. The number of carbonyl (C=O) groups excluding carboxylic acids is 1. The van der Waals surface area contributed by atoms with Crippen molar-refractivity contribution in [2.45, 2.75) is 44.8 Å². The van der Waals surface area contributed by atoms with Crippen LogP contribution < -0.4 is 5.32 Å². The van der Waals surface area contributed by atoms with E-state index in [0.29, 0.717) is 17.5 Å². The molecule has 2 heterocycles. The zero-order valence-electron chi connectivity index (χ0n) is 15.1. The van der Waals surface area contributed by atoms with Crippen molar-refractivity contribution in [3.63, 3.8) is 0 Å². The molecule has 4 rings (SSSR count). The van der Waals surface area contributed by atoms with E-state index >= 15 is 0 Å². The number of ketones is 1. The average Bonchev–Trinajstić information content (AvgIpc) is 2.94. The molecule has 2 N–H and O–H groups in total. The van der Waals surface area contributed by atoms with Crippen LogP contribution in [0.2, 0.25) is 0 Å². The molecule has 1 atom stereocenters. The first kappa shape index (κ1) is 17.1. The topological polar surface area (TPSA) is 80.0 Å². The number of hydrogen-bond donors (Lipinski definition) is 2. The maximum absolute atomic E-state index is 13.0. The van der Waals surface area contributed by atoms with Crippen LogP contribution in [0.1, 0.15) is 45.2 Å². The van der Waals surface area contributed by atoms with Gasteiger partial charge in [0.2, 0.25) is 11.1 Å². The van der Waals surface area contributed by atoms with Crippen LogP contribution in [-0.4, -0.2) is 31.4 Å². The van der Waals surface area contributed by atoms with Gasteiger partial charge in [-0.05, 0) is 35.3 Å². The first-order chi connectivity index (χ1) is 12.4. The number of benzene rings is 1. The molecule has 2 aliphatic rings. The normalized spacial score (nSPS) is 21.2. The minimum Gasteiger partial charge on any atom is -0.508 e. The highest BCUT2D eigenvalue weighted by atomic mass is 32.2. The SMILES string of the molecule is CCSc1nc2n(n1)[C@@H](c1cccc(O)c1)C1=C(CC(C)(C)CC1=O)N2. The maximum Gasteiger partial charge on any atom is 0.227 e. The molecule has 0 radical (unpaired) electrons. The van der Waals surface area contributed by atoms with E-state index in [1.807, 2.05) is 6.07 Å². The van der Waals surface area contributed by atoms with Gasteiger partial charge in [0.05, 0.1) is 0 Å². The predicted molar refractivity (Wildman–Crippen MR) is 101 cm³/mol. The summed E-state index contributed by atoms with van der Waals surface area (Å²) in [5, 5.41) is 18.6. The predicted octanol–water partition coefficient (Wildman–Crippen LogP) is 3.75. The molecule has 136 valence electrons. The largest absolute Gasteiger partial charge is 0.508 e. The summed E-state index contributed by atoms with van der Waals surface area (Å²) in [6.07, 6.45) is 1.29. The van der Waals surface area contributed by atoms with Crippen molar-refractivity contribution in [2.24, 2.45) is 5.41 Å². The molecule has 2 aromatic rings. The number of nitrogens with zero attached hydrogens (tertiary/aromatic N) is 3. The van der Waals surface area contributed by atoms with Crippen molar-refractivity contribution < 1.29 is 9.90 Å². The Morgan fingerprint density at radius 2 is 2.19 bits per heavy atom. The lowest BCUT2D eigenvalue weighted by molar-refractivity contribution is -0.118. The first-order valence-corrected chi connectivity index (χ1v) is 9.78. The van der Waals surface area contributed by atoms with Crippen molar-refractivity contribution in [3.05, 3.63) is 41.1 Å². The second-order valence-electron chi connectivity index (χ2n) is 7.55. The van der Waals surface area contributed by atoms with Gasteiger partial charge in [-0.25, -0.2) is 4.68 Å². The van der Waals surface area contributed by atoms with Gasteiger partial charge in [-0.15, -0.1) is 5.10 Å². The number of rotatable bonds is 3. The number of fused-ring (bicyclic) bond motifs is 1. The smallest absolute Gasteiger partial charge is 0.227 e. The number of aromatic hydroxyl groups is 1. The van der Waals surface area contributed by atoms with Gasteiger partial charge in [0.25, 0.3) is 0 Å². The van der Waals surface area contributed by atoms with Gasteiger partial charge in [-0.3, -0.25) is 4.79 Å². The zero-order chi connectivity index (χ0) is 18.5. The van der Waals surface area contributed by atoms with Gasteiger partial charge < -0.3 is 10.4 Å². The van der Waals surface area contributed by atoms with Gasteiger partial charge in [0.1, 0.15) is 11.8 Å². The highest BCUT2D eigenvalue weighted by molar-refractivity contribution is 7.99. The molecule has 1 aliphatic heterocycles. The van der Waals surface area contributed by atoms with Crippen LogP contribution in [0.3, 0.4) is 0 Å². The van der Waals surface area contributed by atoms with Gasteiger partial charge in [-0.1, -0.05) is 44.7 Å². The van der Waals surface area contributed by atoms with Crippen LogP contribution >= 0.6 is 11.8 Å². The maximum atomic E-state index is 13.0. The minimum atomic E-state index is -0.365. The van der Waals surface area contributed by atoms with Crippen molar-refractivity contribution >= 4 is 23.5 Å². The monoisotopic (exact) mass is 370 g/mol. The zero-order valence-corrected chi connectivity index (χ0v) is 15.9. The van der Waals surface area contributed by atoms with Crippen LogP contribution in [0.4, 0.5) is 5.95 Å². The Kier molecular flexibility index (Phi) is 4.06. The van der Waals surface area contributed by atoms with Crippen LogP contribution in [0, 0.1) is 5.41 Å². The van der Waals surface area contributed by atoms with Gasteiger partial charge in [0.15, 0.2) is 5.78 Å². The Morgan fingerprint density at radius 3 is 2.92 bits per heavy atom. The number of allylic oxidation sites excluding steroid dienone is 2. The molecule has 1 aromatic carbocycles. The lowest BCUT2D eigenvalue weighted by Gasteiger charge is -2.38. The molecule has 26 heavy (non-hydrogen) atoms. The first-order valence-electron chi connectivity index (χ1n) is 8.79. The van der Waals surface area contributed by atoms with Crippen molar-refractivity contribution in [1.29, 1.82) is 0 Å². The summed E-state index contributed by atoms with van der Waals surface area (Å²) in [6.45, 7) is 6.27. The van der Waals surface area contributed by atoms with Crippen LogP contribution in [0.5, 0.6) is 5.75 Å². The molecular weight excluding hydrogens is 348 g/mol. The summed E-state index contributed by atoms with van der Waals surface area (Å²) in [6, 6.07) is 6.68. The second-order valence-corrected chi connectivity index (χ2v) is 8.78. The number of phenolic OH excluding ortho intramolecular Hbond substituents is 1. The van der Waals surface area contributed by atoms with E-state index in [4.69, 9.17) is 0 Å². The molecule has 0 unspecified atom stereocenters. The molecule has 7 heteroatoms. The summed E-state index contributed by atoms with van der Waals surface area (Å²) in [4.78, 5) is 17.6. The summed E-state index contributed by atoms with van der Waals surface area (Å²) < 4.78 is 1.78. The van der Waals surface area contributed by atoms with Crippen molar-refractivity contribution in [3.8, 4) is 5.75 Å². The number of aromatic nitrogens is 3. The summed E-state index contributed by atoms with van der Waals surface area (Å²) in [5.74, 6) is 1.83. The minimum absolute atomic E-state index is 0.0878. The van der Waals surface area contributed by atoms with E-state index in [0.717, 1.165) is 29.0 Å². The number of anilines is 1. The Hall–Kier alpha value is -2.28. The van der Waals surface area contributed by atoms with Crippen molar-refractivity contribution in [1.82, 2.24) is 14.8 Å². The standard InChI is InChI=1S/C19H22N4O2S/c1-4-26-18-21-17-20-13-9-19(2,3)10-14(25)15(13)16(23(17)22-18)11-6-5-7-12(24)8-11/h5-8,16,24H,4,9-10H2,1-3H3,(H,20,21,22)/t16-/m0/s1. The summed E-state index contributed by atoms with van der Waals surface area (Å²) in [5.41, 5.74) is 2.41. The Morgan fingerprint density at radius 1 is 1.38 bits per heavy atom. The molecule has 0 amide bonds. The highest BCUT2D eigenvalue weighted by Crippen LogP contribution is 2.45. The summed E-state index contributed by atoms with van der Waals surface area (Å²) >= 11 is 1.57. The van der Waals surface area contributed by atoms with Crippen LogP contribution in [0.25, 0.3) is 0 Å². The molecule has 0 fully saturated rings. The number of hydrogen-bond acceptors (Lipinski definition) is 6. The molecule has 0 saturated carbocycles. The number of phenols is 1. The highest BCUT2D eigenvalue weighted by Gasteiger charge is 2.41. The fraction of sp³-hybridized carbons (Fsp3) is 0.421. The van der Waals surface area contributed by atoms with Gasteiger partial charge in [-0.2, -0.15) is 4.98 Å². The number of Topliss-reactive ketones (excluding diaryl/α,β-unsaturated/α-hetero) is 1. The molecular formula is C19H22N4O2S. The Bertz CT molecular complexity index is 916. The number of nitrogens with one attached hydrogen (secondary N) is 1. The molecule has 1 aliphatic carbocycles. The lowest BCUT2D eigenvalue weighted by atomic mass is 9.73. The van der Waals surface area contributed by atoms with Gasteiger partial charge in [0, 0.05) is 17.7 Å². The average molecular weight is 370 g/mol. The third-order valence-electron chi connectivity index (χ3n) is 4.77. The van der Waals surface area contributed by atoms with Crippen molar-refractivity contribution in [2.75, 3.05) is 11.1 Å². The fourth-order valence-electron chi connectivity index (χ4n) is 3.78. The second kappa shape index (κ2) is 6.16. The third-order valence-corrected chi connectivity index (χ3v) is 5.49. The van der Waals surface area contributed by atoms with E-state index in [2.05, 4.69) is 36.2 Å². The molecule has 1 aromatic heterocycles. The van der Waals surface area contributed by atoms with E-state index in [-0.39, 0.29) is 23.0 Å². The fourth-order valence-corrected chi connectivity index (χ4v) is 4.34. The molecule has 0 saturated heterocycles. The quantitative estimate of drug-likeness (QED) is 0.801. The van der Waals surface area contributed by atoms with E-state index in [9.17, 15) is 9.90 Å². The third kappa shape index (κ3) is 2.90. The molecule has 0 spiro atoms. The Labute approximate surface area is 156 Å². The number of carbonyl (C=O) groups is 1. The summed E-state index contributed by atoms with van der Waals surface area (Å²) in [7, 11) is 0. The van der Waals surface area contributed by atoms with E-state index in [1.165, 1.54) is 0 Å². The van der Waals surface area contributed by atoms with Gasteiger partial charge >= 0.3 is 0 Å². The Balaban J connectivity index is 1.89. The van der Waals surface area contributed by atoms with E-state index < -0.39 is 0 Å². The lowest BCUT2D eigenvalue weighted by Crippen LogP contribution is -2.36. The van der Waals surface area contributed by atoms with E-state index in [1.54, 1.807) is 34.6 Å². The molecule has 0 bridgehead atoms. The molecule has 6 nitrogen and oxygen atoms in total. The van der Waals surface area contributed by atoms with Crippen LogP contribution in [-0.2, 0) is 4.79 Å².